The number of anilines is 1. The summed E-state index contributed by atoms with van der Waals surface area (Å²) in [5, 5.41) is 2.99. The van der Waals surface area contributed by atoms with Crippen molar-refractivity contribution in [3.8, 4) is 0 Å². The first-order valence-corrected chi connectivity index (χ1v) is 7.76. The molecule has 0 aliphatic carbocycles. The van der Waals surface area contributed by atoms with E-state index in [2.05, 4.69) is 15.3 Å². The number of halogens is 1. The van der Waals surface area contributed by atoms with E-state index in [4.69, 9.17) is 11.5 Å². The summed E-state index contributed by atoms with van der Waals surface area (Å²) in [6.45, 7) is 1.81. The van der Waals surface area contributed by atoms with Crippen LogP contribution in [0, 0.1) is 5.82 Å². The summed E-state index contributed by atoms with van der Waals surface area (Å²) in [5.41, 5.74) is 11.6. The molecule has 1 aromatic carbocycles. The molecule has 0 amide bonds. The minimum atomic E-state index is -0.325. The number of benzene rings is 1. The Morgan fingerprint density at radius 3 is 2.70 bits per heavy atom. The van der Waals surface area contributed by atoms with Gasteiger partial charge in [-0.1, -0.05) is 11.8 Å². The summed E-state index contributed by atoms with van der Waals surface area (Å²) < 4.78 is 14.3. The van der Waals surface area contributed by atoms with E-state index in [1.54, 1.807) is 30.6 Å². The van der Waals surface area contributed by atoms with E-state index in [0.29, 0.717) is 16.4 Å². The Morgan fingerprint density at radius 2 is 2.09 bits per heavy atom. The molecule has 0 spiro atoms. The van der Waals surface area contributed by atoms with Gasteiger partial charge in [0.2, 0.25) is 0 Å². The average Bonchev–Trinajstić information content (AvgIpc) is 2.51. The van der Waals surface area contributed by atoms with Crippen molar-refractivity contribution in [2.75, 3.05) is 5.32 Å². The van der Waals surface area contributed by atoms with Gasteiger partial charge in [-0.2, -0.15) is 0 Å². The Morgan fingerprint density at radius 1 is 1.35 bits per heavy atom. The molecule has 0 saturated carbocycles. The molecule has 0 saturated heterocycles. The highest BCUT2D eigenvalue weighted by atomic mass is 32.2. The second kappa shape index (κ2) is 8.30. The van der Waals surface area contributed by atoms with Gasteiger partial charge in [-0.15, -0.1) is 0 Å². The molecular weight excluding hydrogens is 313 g/mol. The van der Waals surface area contributed by atoms with Crippen LogP contribution in [0.3, 0.4) is 0 Å². The Hall–Kier alpha value is -2.38. The maximum atomic E-state index is 14.3. The monoisotopic (exact) mass is 331 g/mol. The third-order valence-electron chi connectivity index (χ3n) is 2.72. The van der Waals surface area contributed by atoms with Gasteiger partial charge in [0, 0.05) is 33.9 Å². The van der Waals surface area contributed by atoms with E-state index in [0.717, 1.165) is 11.2 Å². The molecule has 1 unspecified atom stereocenters. The molecule has 1 aromatic heterocycles. The van der Waals surface area contributed by atoms with E-state index in [1.165, 1.54) is 17.8 Å². The van der Waals surface area contributed by atoms with Gasteiger partial charge in [0.25, 0.3) is 0 Å². The van der Waals surface area contributed by atoms with Crippen LogP contribution in [0.4, 0.5) is 10.1 Å². The smallest absolute Gasteiger partial charge is 0.139 e. The third kappa shape index (κ3) is 5.39. The van der Waals surface area contributed by atoms with Gasteiger partial charge < -0.3 is 16.8 Å². The lowest BCUT2D eigenvalue weighted by Gasteiger charge is -2.10. The van der Waals surface area contributed by atoms with Gasteiger partial charge in [-0.25, -0.2) is 9.38 Å². The lowest BCUT2D eigenvalue weighted by Crippen LogP contribution is -2.14. The van der Waals surface area contributed by atoms with Gasteiger partial charge in [0.1, 0.15) is 11.6 Å². The van der Waals surface area contributed by atoms with E-state index in [9.17, 15) is 4.39 Å². The number of nitrogens with one attached hydrogen (secondary N) is 1. The van der Waals surface area contributed by atoms with Crippen LogP contribution in [0.25, 0.3) is 0 Å². The van der Waals surface area contributed by atoms with Crippen LogP contribution >= 0.6 is 11.8 Å². The van der Waals surface area contributed by atoms with Crippen LogP contribution < -0.4 is 16.8 Å². The fourth-order valence-corrected chi connectivity index (χ4v) is 2.59. The van der Waals surface area contributed by atoms with Crippen molar-refractivity contribution in [1.82, 2.24) is 4.98 Å². The number of hydrogen-bond donors (Lipinski definition) is 3. The van der Waals surface area contributed by atoms with Crippen LogP contribution in [-0.2, 0) is 0 Å². The van der Waals surface area contributed by atoms with Crippen molar-refractivity contribution in [1.29, 1.82) is 0 Å². The van der Waals surface area contributed by atoms with Crippen molar-refractivity contribution in [3.05, 3.63) is 60.4 Å². The van der Waals surface area contributed by atoms with E-state index in [1.807, 2.05) is 19.1 Å². The van der Waals surface area contributed by atoms with Gasteiger partial charge in [0.15, 0.2) is 0 Å². The number of aromatic nitrogens is 1. The molecule has 0 fully saturated rings. The first kappa shape index (κ1) is 17.0. The molecule has 2 aromatic rings. The molecule has 0 bridgehead atoms. The van der Waals surface area contributed by atoms with E-state index >= 15 is 0 Å². The largest absolute Gasteiger partial charge is 0.390 e. The summed E-state index contributed by atoms with van der Waals surface area (Å²) >= 11 is 1.34. The third-order valence-corrected chi connectivity index (χ3v) is 3.78. The van der Waals surface area contributed by atoms with Crippen LogP contribution in [0.2, 0.25) is 0 Å². The van der Waals surface area contributed by atoms with Crippen LogP contribution in [0.5, 0.6) is 0 Å². The molecule has 0 radical (unpaired) electrons. The molecule has 23 heavy (non-hydrogen) atoms. The lowest BCUT2D eigenvalue weighted by molar-refractivity contribution is 0.602. The Balaban J connectivity index is 2.15. The molecule has 1 atom stereocenters. The highest BCUT2D eigenvalue weighted by Gasteiger charge is 2.07. The number of aliphatic imine (C=N–C) groups is 1. The zero-order valence-electron chi connectivity index (χ0n) is 12.6. The highest BCUT2D eigenvalue weighted by molar-refractivity contribution is 7.99. The molecule has 0 aliphatic rings. The summed E-state index contributed by atoms with van der Waals surface area (Å²) in [6.07, 6.45) is 6.20. The molecule has 120 valence electrons. The van der Waals surface area contributed by atoms with Crippen molar-refractivity contribution in [2.45, 2.75) is 22.8 Å². The fraction of sp³-hybridized carbons (Fsp3) is 0.125. The van der Waals surface area contributed by atoms with Crippen molar-refractivity contribution < 1.29 is 4.39 Å². The average molecular weight is 331 g/mol. The van der Waals surface area contributed by atoms with Crippen LogP contribution in [-0.4, -0.2) is 17.4 Å². The Labute approximate surface area is 138 Å². The van der Waals surface area contributed by atoms with Crippen LogP contribution in [0.1, 0.15) is 6.92 Å². The standard InChI is InChI=1S/C16H18FN5S/c1-11(19)8-16(21-10-18)22-12-2-3-15(14(17)9-12)23-13-4-6-20-7-5-13/h2-11,22H,19H2,1H3,(H2,18,21)/b16-8+. The van der Waals surface area contributed by atoms with Crippen molar-refractivity contribution in [3.63, 3.8) is 0 Å². The molecule has 1 heterocycles. The first-order chi connectivity index (χ1) is 11.1. The second-order valence-electron chi connectivity index (χ2n) is 4.74. The van der Waals surface area contributed by atoms with Crippen molar-refractivity contribution >= 4 is 23.8 Å². The number of hydrogen-bond acceptors (Lipinski definition) is 5. The Bertz CT molecular complexity index is 701. The molecular formula is C16H18FN5S. The number of nitrogens with two attached hydrogens (primary N) is 2. The topological polar surface area (TPSA) is 89.3 Å². The van der Waals surface area contributed by atoms with E-state index < -0.39 is 0 Å². The maximum absolute atomic E-state index is 14.3. The van der Waals surface area contributed by atoms with E-state index in [-0.39, 0.29) is 11.9 Å². The summed E-state index contributed by atoms with van der Waals surface area (Å²) in [5.74, 6) is 0.144. The van der Waals surface area contributed by atoms with Gasteiger partial charge in [-0.05, 0) is 43.3 Å². The van der Waals surface area contributed by atoms with Crippen LogP contribution in [0.15, 0.2) is 69.4 Å². The maximum Gasteiger partial charge on any atom is 0.139 e. The quantitative estimate of drug-likeness (QED) is 0.559. The Kier molecular flexibility index (Phi) is 6.13. The summed E-state index contributed by atoms with van der Waals surface area (Å²) in [4.78, 5) is 9.36. The van der Waals surface area contributed by atoms with Gasteiger partial charge >= 0.3 is 0 Å². The molecule has 7 heteroatoms. The molecule has 2 rings (SSSR count). The number of rotatable bonds is 6. The minimum Gasteiger partial charge on any atom is -0.390 e. The normalized spacial score (nSPS) is 13.3. The first-order valence-electron chi connectivity index (χ1n) is 6.94. The van der Waals surface area contributed by atoms with Crippen molar-refractivity contribution in [2.24, 2.45) is 16.5 Å². The highest BCUT2D eigenvalue weighted by Crippen LogP contribution is 2.30. The zero-order valence-corrected chi connectivity index (χ0v) is 13.4. The predicted octanol–water partition coefficient (Wildman–Crippen LogP) is 2.96. The second-order valence-corrected chi connectivity index (χ2v) is 5.86. The van der Waals surface area contributed by atoms with Gasteiger partial charge in [-0.3, -0.25) is 4.98 Å². The minimum absolute atomic E-state index is 0.201. The summed E-state index contributed by atoms with van der Waals surface area (Å²) in [6, 6.07) is 8.34. The zero-order chi connectivity index (χ0) is 16.7. The predicted molar refractivity (Wildman–Crippen MR) is 92.8 cm³/mol. The molecule has 5 nitrogen and oxygen atoms in total. The number of nitrogens with zero attached hydrogens (tertiary/aromatic N) is 2. The molecule has 0 aliphatic heterocycles. The SMILES string of the molecule is CC(N)/C=C(\N=C/N)Nc1ccc(Sc2ccncc2)c(F)c1. The number of pyridine rings is 1. The van der Waals surface area contributed by atoms with Gasteiger partial charge in [0.05, 0.1) is 6.34 Å². The molecule has 5 N–H and O–H groups in total. The lowest BCUT2D eigenvalue weighted by atomic mass is 10.3. The fourth-order valence-electron chi connectivity index (χ4n) is 1.79. The summed E-state index contributed by atoms with van der Waals surface area (Å²) in [7, 11) is 0.